The van der Waals surface area contributed by atoms with Crippen molar-refractivity contribution in [2.24, 2.45) is 5.73 Å². The van der Waals surface area contributed by atoms with Crippen LogP contribution in [0.2, 0.25) is 0 Å². The van der Waals surface area contributed by atoms with E-state index >= 15 is 0 Å². The molecule has 88 valence electrons. The Labute approximate surface area is 122 Å². The molecule has 0 aliphatic rings. The number of benzene rings is 1. The van der Waals surface area contributed by atoms with Crippen LogP contribution in [0.1, 0.15) is 30.1 Å². The van der Waals surface area contributed by atoms with Gasteiger partial charge < -0.3 is 10.5 Å². The molecule has 1 aromatic carbocycles. The van der Waals surface area contributed by atoms with Crippen molar-refractivity contribution in [1.29, 1.82) is 0 Å². The van der Waals surface area contributed by atoms with Crippen molar-refractivity contribution in [3.05, 3.63) is 24.8 Å². The highest BCUT2D eigenvalue weighted by Crippen LogP contribution is 2.29. The molecule has 0 atom stereocenters. The average molecular weight is 445 g/mol. The highest BCUT2D eigenvalue weighted by molar-refractivity contribution is 14.1. The molecule has 0 saturated heterocycles. The topological polar surface area (TPSA) is 52.3 Å². The second-order valence-electron chi connectivity index (χ2n) is 3.34. The minimum atomic E-state index is -0.407. The molecule has 0 aliphatic heterocycles. The van der Waals surface area contributed by atoms with Crippen LogP contribution in [0.25, 0.3) is 0 Å². The lowest BCUT2D eigenvalue weighted by Gasteiger charge is -2.10. The lowest BCUT2D eigenvalue weighted by molar-refractivity contribution is 0.1000. The van der Waals surface area contributed by atoms with Gasteiger partial charge in [0.2, 0.25) is 5.91 Å². The first-order chi connectivity index (χ1) is 7.56. The van der Waals surface area contributed by atoms with Gasteiger partial charge in [-0.2, -0.15) is 0 Å². The summed E-state index contributed by atoms with van der Waals surface area (Å²) in [5, 5.41) is 0. The van der Waals surface area contributed by atoms with Crippen molar-refractivity contribution in [3.63, 3.8) is 0 Å². The second-order valence-corrected chi connectivity index (χ2v) is 5.66. The minimum Gasteiger partial charge on any atom is -0.491 e. The van der Waals surface area contributed by atoms with Crippen LogP contribution in [-0.2, 0) is 0 Å². The largest absolute Gasteiger partial charge is 0.491 e. The Morgan fingerprint density at radius 3 is 2.38 bits per heavy atom. The molecule has 0 fully saturated rings. The van der Waals surface area contributed by atoms with Gasteiger partial charge in [0.1, 0.15) is 5.75 Å². The van der Waals surface area contributed by atoms with Gasteiger partial charge >= 0.3 is 0 Å². The number of primary amides is 1. The maximum Gasteiger partial charge on any atom is 0.248 e. The number of amides is 1. The quantitative estimate of drug-likeness (QED) is 0.560. The van der Waals surface area contributed by atoms with E-state index in [-0.39, 0.29) is 0 Å². The maximum atomic E-state index is 11.1. The Bertz CT molecular complexity index is 371. The predicted octanol–water partition coefficient (Wildman–Crippen LogP) is 3.17. The fraction of sp³-hybridized carbons (Fsp3) is 0.364. The number of carbonyl (C=O) groups excluding carboxylic acids is 1. The third-order valence-electron chi connectivity index (χ3n) is 2.03. The Hall–Kier alpha value is -0.0500. The summed E-state index contributed by atoms with van der Waals surface area (Å²) in [5.41, 5.74) is 5.76. The molecular formula is C11H13I2NO2. The van der Waals surface area contributed by atoms with E-state index < -0.39 is 5.91 Å². The third-order valence-corrected chi connectivity index (χ3v) is 3.63. The molecule has 2 N–H and O–H groups in total. The molecule has 0 aliphatic carbocycles. The van der Waals surface area contributed by atoms with Crippen molar-refractivity contribution in [2.75, 3.05) is 6.61 Å². The number of hydrogen-bond donors (Lipinski definition) is 1. The van der Waals surface area contributed by atoms with E-state index in [4.69, 9.17) is 10.5 Å². The summed E-state index contributed by atoms with van der Waals surface area (Å²) in [6.45, 7) is 2.83. The molecule has 3 nitrogen and oxygen atoms in total. The maximum absolute atomic E-state index is 11.1. The average Bonchev–Trinajstić information content (AvgIpc) is 2.21. The van der Waals surface area contributed by atoms with Gasteiger partial charge in [-0.1, -0.05) is 13.3 Å². The number of nitrogens with two attached hydrogens (primary N) is 1. The predicted molar refractivity (Wildman–Crippen MR) is 80.8 cm³/mol. The Kier molecular flexibility index (Phi) is 5.81. The smallest absolute Gasteiger partial charge is 0.248 e. The van der Waals surface area contributed by atoms with Crippen LogP contribution in [0.15, 0.2) is 12.1 Å². The molecule has 1 aromatic rings. The van der Waals surface area contributed by atoms with Crippen LogP contribution < -0.4 is 10.5 Å². The number of halogens is 2. The van der Waals surface area contributed by atoms with Crippen LogP contribution in [0.4, 0.5) is 0 Å². The van der Waals surface area contributed by atoms with Crippen LogP contribution >= 0.6 is 45.2 Å². The van der Waals surface area contributed by atoms with Gasteiger partial charge in [0, 0.05) is 5.56 Å². The van der Waals surface area contributed by atoms with Gasteiger partial charge in [-0.3, -0.25) is 4.79 Å². The summed E-state index contributed by atoms with van der Waals surface area (Å²) in [5.74, 6) is 0.440. The van der Waals surface area contributed by atoms with E-state index in [1.54, 1.807) is 12.1 Å². The van der Waals surface area contributed by atoms with Gasteiger partial charge in [-0.05, 0) is 63.7 Å². The molecule has 0 radical (unpaired) electrons. The van der Waals surface area contributed by atoms with Gasteiger partial charge in [0.15, 0.2) is 0 Å². The summed E-state index contributed by atoms with van der Waals surface area (Å²) < 4.78 is 7.53. The molecule has 0 heterocycles. The summed E-state index contributed by atoms with van der Waals surface area (Å²) >= 11 is 4.32. The van der Waals surface area contributed by atoms with Gasteiger partial charge in [-0.15, -0.1) is 0 Å². The van der Waals surface area contributed by atoms with Crippen molar-refractivity contribution in [2.45, 2.75) is 19.8 Å². The molecule has 0 spiro atoms. The SMILES string of the molecule is CCCCOc1c(I)cc(C(N)=O)cc1I. The van der Waals surface area contributed by atoms with Gasteiger partial charge in [0.25, 0.3) is 0 Å². The van der Waals surface area contributed by atoms with Crippen molar-refractivity contribution in [3.8, 4) is 5.75 Å². The molecule has 0 unspecified atom stereocenters. The van der Waals surface area contributed by atoms with Crippen LogP contribution in [0, 0.1) is 7.14 Å². The monoisotopic (exact) mass is 445 g/mol. The number of unbranched alkanes of at least 4 members (excludes halogenated alkanes) is 1. The Balaban J connectivity index is 2.89. The molecule has 0 saturated carbocycles. The first kappa shape index (κ1) is 14.0. The molecule has 1 rings (SSSR count). The van der Waals surface area contributed by atoms with Crippen LogP contribution in [0.3, 0.4) is 0 Å². The van der Waals surface area contributed by atoms with Crippen LogP contribution in [0.5, 0.6) is 5.75 Å². The van der Waals surface area contributed by atoms with Crippen LogP contribution in [-0.4, -0.2) is 12.5 Å². The van der Waals surface area contributed by atoms with Gasteiger partial charge in [-0.25, -0.2) is 0 Å². The van der Waals surface area contributed by atoms with Crippen molar-refractivity contribution < 1.29 is 9.53 Å². The fourth-order valence-electron chi connectivity index (χ4n) is 1.16. The molecule has 16 heavy (non-hydrogen) atoms. The lowest BCUT2D eigenvalue weighted by Crippen LogP contribution is -2.12. The molecule has 0 aromatic heterocycles. The van der Waals surface area contributed by atoms with E-state index in [2.05, 4.69) is 52.1 Å². The van der Waals surface area contributed by atoms with Gasteiger partial charge in [0.05, 0.1) is 13.7 Å². The van der Waals surface area contributed by atoms with E-state index in [1.165, 1.54) is 0 Å². The summed E-state index contributed by atoms with van der Waals surface area (Å²) in [6, 6.07) is 3.51. The standard InChI is InChI=1S/C11H13I2NO2/c1-2-3-4-16-10-8(12)5-7(11(14)15)6-9(10)13/h5-6H,2-4H2,1H3,(H2,14,15). The lowest BCUT2D eigenvalue weighted by atomic mass is 10.2. The number of ether oxygens (including phenoxy) is 1. The highest BCUT2D eigenvalue weighted by atomic mass is 127. The molecule has 0 bridgehead atoms. The molecule has 1 amide bonds. The highest BCUT2D eigenvalue weighted by Gasteiger charge is 2.11. The Morgan fingerprint density at radius 2 is 1.94 bits per heavy atom. The summed E-state index contributed by atoms with van der Waals surface area (Å²) in [7, 11) is 0. The first-order valence-electron chi connectivity index (χ1n) is 4.98. The third kappa shape index (κ3) is 3.76. The minimum absolute atomic E-state index is 0.407. The molecule has 5 heteroatoms. The van der Waals surface area contributed by atoms with E-state index in [0.717, 1.165) is 25.7 Å². The summed E-state index contributed by atoms with van der Waals surface area (Å²) in [4.78, 5) is 11.1. The zero-order valence-corrected chi connectivity index (χ0v) is 13.2. The van der Waals surface area contributed by atoms with E-state index in [0.29, 0.717) is 12.2 Å². The normalized spacial score (nSPS) is 10.2. The fourth-order valence-corrected chi connectivity index (χ4v) is 3.24. The zero-order chi connectivity index (χ0) is 12.1. The Morgan fingerprint density at radius 1 is 1.38 bits per heavy atom. The number of hydrogen-bond acceptors (Lipinski definition) is 2. The first-order valence-corrected chi connectivity index (χ1v) is 7.13. The van der Waals surface area contributed by atoms with Crippen molar-refractivity contribution >= 4 is 51.1 Å². The van der Waals surface area contributed by atoms with Crippen molar-refractivity contribution in [1.82, 2.24) is 0 Å². The number of carbonyl (C=O) groups is 1. The molecular weight excluding hydrogens is 432 g/mol. The zero-order valence-electron chi connectivity index (χ0n) is 8.93. The number of rotatable bonds is 5. The summed E-state index contributed by atoms with van der Waals surface area (Å²) in [6.07, 6.45) is 2.14. The van der Waals surface area contributed by atoms with E-state index in [9.17, 15) is 4.79 Å². The second kappa shape index (κ2) is 6.63. The van der Waals surface area contributed by atoms with E-state index in [1.807, 2.05) is 0 Å².